The molecule has 1 amide bonds. The zero-order valence-electron chi connectivity index (χ0n) is 6.90. The highest BCUT2D eigenvalue weighted by atomic mass is 16.4. The van der Waals surface area contributed by atoms with Crippen molar-refractivity contribution in [1.29, 1.82) is 0 Å². The fraction of sp³-hybridized carbons (Fsp3) is 0.375. The van der Waals surface area contributed by atoms with Gasteiger partial charge in [0.1, 0.15) is 0 Å². The lowest BCUT2D eigenvalue weighted by molar-refractivity contribution is 0.165. The molecule has 0 saturated carbocycles. The number of allylic oxidation sites excluding steroid dienone is 4. The van der Waals surface area contributed by atoms with Crippen LogP contribution in [-0.4, -0.2) is 31.0 Å². The Hall–Kier alpha value is -1.19. The fourth-order valence-corrected chi connectivity index (χ4v) is 1.06. The van der Waals surface area contributed by atoms with Gasteiger partial charge in [0.2, 0.25) is 0 Å². The van der Waals surface area contributed by atoms with Gasteiger partial charge in [-0.15, -0.1) is 0 Å². The Morgan fingerprint density at radius 3 is 3.00 bits per heavy atom. The lowest BCUT2D eigenvalue weighted by Gasteiger charge is -2.21. The maximum atomic E-state index is 10.5. The second kappa shape index (κ2) is 3.47. The van der Waals surface area contributed by atoms with Crippen molar-refractivity contribution in [3.63, 3.8) is 0 Å². The Labute approximate surface area is 72.8 Å². The van der Waals surface area contributed by atoms with Crippen molar-refractivity contribution in [2.24, 2.45) is 0 Å². The van der Waals surface area contributed by atoms with Crippen molar-refractivity contribution < 1.29 is 9.90 Å². The highest BCUT2D eigenvalue weighted by Crippen LogP contribution is 2.22. The number of hydrogen-bond acceptors (Lipinski definition) is 1. The Morgan fingerprint density at radius 1 is 1.83 bits per heavy atom. The van der Waals surface area contributed by atoms with Crippen LogP contribution in [0, 0.1) is 0 Å². The second-order valence-corrected chi connectivity index (χ2v) is 2.75. The quantitative estimate of drug-likeness (QED) is 0.593. The summed E-state index contributed by atoms with van der Waals surface area (Å²) in [5.74, 6) is -0.0631. The average molecular weight is 163 g/mol. The summed E-state index contributed by atoms with van der Waals surface area (Å²) in [6.07, 6.45) is 5.02. The summed E-state index contributed by atoms with van der Waals surface area (Å²) >= 11 is 0. The molecule has 0 spiro atoms. The maximum Gasteiger partial charge on any atom is 0.411 e. The van der Waals surface area contributed by atoms with E-state index in [1.807, 2.05) is 6.08 Å². The van der Waals surface area contributed by atoms with Crippen LogP contribution in [0.3, 0.4) is 0 Å². The molecule has 1 unspecified atom stereocenters. The number of nitrogens with zero attached hydrogens (tertiary/aromatic N) is 1. The standard InChI is InChI=1S/C8H10BNO2/c1-10(8(11)12)7-4-2-3-6(9)5-7/h2-4,6H,5H2,1H3,(H,11,12). The molecule has 0 bridgehead atoms. The van der Waals surface area contributed by atoms with Gasteiger partial charge in [-0.05, 0) is 12.5 Å². The number of carboxylic acid groups (broad SMARTS) is 1. The molecular weight excluding hydrogens is 153 g/mol. The average Bonchev–Trinajstić information content (AvgIpc) is 2.03. The third-order valence-corrected chi connectivity index (χ3v) is 1.81. The molecule has 0 heterocycles. The predicted octanol–water partition coefficient (Wildman–Crippen LogP) is 1.40. The summed E-state index contributed by atoms with van der Waals surface area (Å²) in [6, 6.07) is 0. The van der Waals surface area contributed by atoms with Crippen molar-refractivity contribution in [2.75, 3.05) is 7.05 Å². The number of carbonyl (C=O) groups is 1. The molecule has 0 aromatic heterocycles. The largest absolute Gasteiger partial charge is 0.465 e. The Balaban J connectivity index is 2.69. The fourth-order valence-electron chi connectivity index (χ4n) is 1.06. The minimum absolute atomic E-state index is 0.0631. The number of rotatable bonds is 1. The van der Waals surface area contributed by atoms with Gasteiger partial charge in [-0.1, -0.05) is 18.0 Å². The van der Waals surface area contributed by atoms with Gasteiger partial charge in [-0.2, -0.15) is 0 Å². The topological polar surface area (TPSA) is 40.5 Å². The zero-order valence-corrected chi connectivity index (χ0v) is 6.90. The summed E-state index contributed by atoms with van der Waals surface area (Å²) in [5.41, 5.74) is 0.734. The van der Waals surface area contributed by atoms with Gasteiger partial charge >= 0.3 is 6.09 Å². The van der Waals surface area contributed by atoms with Crippen LogP contribution < -0.4 is 0 Å². The van der Waals surface area contributed by atoms with Gasteiger partial charge in [-0.3, -0.25) is 4.90 Å². The van der Waals surface area contributed by atoms with Crippen LogP contribution >= 0.6 is 0 Å². The van der Waals surface area contributed by atoms with Crippen LogP contribution in [0.1, 0.15) is 6.42 Å². The van der Waals surface area contributed by atoms with Gasteiger partial charge in [0.15, 0.2) is 0 Å². The highest BCUT2D eigenvalue weighted by molar-refractivity contribution is 6.13. The van der Waals surface area contributed by atoms with E-state index in [9.17, 15) is 4.79 Å². The molecule has 1 N–H and O–H groups in total. The van der Waals surface area contributed by atoms with Crippen LogP contribution in [0.4, 0.5) is 4.79 Å². The van der Waals surface area contributed by atoms with Crippen LogP contribution in [0.2, 0.25) is 5.82 Å². The molecule has 0 aromatic carbocycles. The third kappa shape index (κ3) is 1.90. The lowest BCUT2D eigenvalue weighted by Crippen LogP contribution is -2.25. The Kier molecular flexibility index (Phi) is 2.58. The van der Waals surface area contributed by atoms with E-state index < -0.39 is 6.09 Å². The first-order valence-corrected chi connectivity index (χ1v) is 3.71. The summed E-state index contributed by atoms with van der Waals surface area (Å²) in [4.78, 5) is 11.7. The van der Waals surface area contributed by atoms with Crippen molar-refractivity contribution in [3.8, 4) is 0 Å². The summed E-state index contributed by atoms with van der Waals surface area (Å²) in [5, 5.41) is 8.64. The zero-order chi connectivity index (χ0) is 9.14. The minimum Gasteiger partial charge on any atom is -0.465 e. The maximum absolute atomic E-state index is 10.5. The van der Waals surface area contributed by atoms with Crippen LogP contribution in [0.15, 0.2) is 23.9 Å². The molecular formula is C8H10BNO2. The lowest BCUT2D eigenvalue weighted by atomic mass is 9.81. The van der Waals surface area contributed by atoms with Crippen molar-refractivity contribution in [3.05, 3.63) is 23.9 Å². The first-order chi connectivity index (χ1) is 5.61. The van der Waals surface area contributed by atoms with Crippen molar-refractivity contribution >= 4 is 13.9 Å². The Morgan fingerprint density at radius 2 is 2.50 bits per heavy atom. The van der Waals surface area contributed by atoms with Crippen LogP contribution in [0.5, 0.6) is 0 Å². The molecule has 0 aromatic rings. The van der Waals surface area contributed by atoms with E-state index in [4.69, 9.17) is 13.0 Å². The van der Waals surface area contributed by atoms with E-state index in [-0.39, 0.29) is 5.82 Å². The molecule has 1 aliphatic carbocycles. The molecule has 0 fully saturated rings. The first kappa shape index (κ1) is 8.91. The van der Waals surface area contributed by atoms with Crippen LogP contribution in [-0.2, 0) is 0 Å². The van der Waals surface area contributed by atoms with E-state index in [0.29, 0.717) is 6.42 Å². The van der Waals surface area contributed by atoms with Gasteiger partial charge < -0.3 is 5.11 Å². The molecule has 1 atom stereocenters. The normalized spacial score (nSPS) is 21.8. The first-order valence-electron chi connectivity index (χ1n) is 3.71. The van der Waals surface area contributed by atoms with Crippen molar-refractivity contribution in [2.45, 2.75) is 12.2 Å². The SMILES string of the molecule is [B]C1C=CC=C(N(C)C(=O)O)C1. The molecule has 62 valence electrons. The van der Waals surface area contributed by atoms with Gasteiger partial charge in [0.25, 0.3) is 0 Å². The molecule has 12 heavy (non-hydrogen) atoms. The molecule has 0 saturated heterocycles. The summed E-state index contributed by atoms with van der Waals surface area (Å²) in [7, 11) is 7.13. The highest BCUT2D eigenvalue weighted by Gasteiger charge is 2.14. The molecule has 1 aliphatic rings. The molecule has 2 radical (unpaired) electrons. The predicted molar refractivity (Wildman–Crippen MR) is 47.1 cm³/mol. The van der Waals surface area contributed by atoms with E-state index >= 15 is 0 Å². The van der Waals surface area contributed by atoms with E-state index in [1.54, 1.807) is 12.2 Å². The van der Waals surface area contributed by atoms with E-state index in [0.717, 1.165) is 5.70 Å². The van der Waals surface area contributed by atoms with Gasteiger partial charge in [-0.25, -0.2) is 4.79 Å². The molecule has 3 nitrogen and oxygen atoms in total. The molecule has 0 aliphatic heterocycles. The monoisotopic (exact) mass is 163 g/mol. The summed E-state index contributed by atoms with van der Waals surface area (Å²) in [6.45, 7) is 0. The number of hydrogen-bond donors (Lipinski definition) is 1. The molecule has 4 heteroatoms. The summed E-state index contributed by atoms with van der Waals surface area (Å²) < 4.78 is 0. The van der Waals surface area contributed by atoms with Crippen molar-refractivity contribution in [1.82, 2.24) is 4.90 Å². The third-order valence-electron chi connectivity index (χ3n) is 1.81. The van der Waals surface area contributed by atoms with E-state index in [2.05, 4.69) is 0 Å². The number of amides is 1. The smallest absolute Gasteiger partial charge is 0.411 e. The second-order valence-electron chi connectivity index (χ2n) is 2.75. The van der Waals surface area contributed by atoms with Gasteiger partial charge in [0, 0.05) is 12.7 Å². The molecule has 1 rings (SSSR count). The minimum atomic E-state index is -0.955. The van der Waals surface area contributed by atoms with E-state index in [1.165, 1.54) is 11.9 Å². The van der Waals surface area contributed by atoms with Crippen LogP contribution in [0.25, 0.3) is 0 Å². The Bertz CT molecular complexity index is 247. The van der Waals surface area contributed by atoms with Gasteiger partial charge in [0.05, 0.1) is 7.85 Å².